The van der Waals surface area contributed by atoms with Gasteiger partial charge in [-0.15, -0.1) is 0 Å². The maximum absolute atomic E-state index is 9.22. The standard InChI is InChI=1S/C13H23N5OS/c1-13(2,3)9-17(7-5-6-14)10-18-12(20)16(4)11(8-19)15-18/h19H,5,7-10H2,1-4H3. The summed E-state index contributed by atoms with van der Waals surface area (Å²) in [4.78, 5) is 2.16. The summed E-state index contributed by atoms with van der Waals surface area (Å²) in [6, 6.07) is 2.17. The average molecular weight is 297 g/mol. The van der Waals surface area contributed by atoms with Crippen LogP contribution in [0.4, 0.5) is 0 Å². The van der Waals surface area contributed by atoms with E-state index < -0.39 is 0 Å². The molecule has 1 N–H and O–H groups in total. The molecule has 0 saturated carbocycles. The van der Waals surface area contributed by atoms with Gasteiger partial charge in [0.15, 0.2) is 10.6 Å². The molecule has 0 aromatic carbocycles. The first-order valence-corrected chi connectivity index (χ1v) is 7.02. The van der Waals surface area contributed by atoms with Crippen molar-refractivity contribution in [2.45, 2.75) is 40.5 Å². The van der Waals surface area contributed by atoms with Gasteiger partial charge in [-0.1, -0.05) is 20.8 Å². The summed E-state index contributed by atoms with van der Waals surface area (Å²) in [5.41, 5.74) is 0.131. The van der Waals surface area contributed by atoms with E-state index in [4.69, 9.17) is 17.5 Å². The van der Waals surface area contributed by atoms with Gasteiger partial charge in [0.1, 0.15) is 6.61 Å². The van der Waals surface area contributed by atoms with Crippen LogP contribution >= 0.6 is 12.2 Å². The Bertz CT molecular complexity index is 534. The zero-order valence-corrected chi connectivity index (χ0v) is 13.4. The van der Waals surface area contributed by atoms with Crippen LogP contribution in [0.3, 0.4) is 0 Å². The number of aromatic nitrogens is 3. The van der Waals surface area contributed by atoms with E-state index in [0.717, 1.165) is 6.54 Å². The van der Waals surface area contributed by atoms with E-state index in [1.807, 2.05) is 0 Å². The van der Waals surface area contributed by atoms with Gasteiger partial charge in [-0.25, -0.2) is 4.68 Å². The molecule has 0 aliphatic carbocycles. The Morgan fingerprint density at radius 1 is 1.45 bits per heavy atom. The lowest BCUT2D eigenvalue weighted by Crippen LogP contribution is -2.35. The topological polar surface area (TPSA) is 70.0 Å². The second kappa shape index (κ2) is 6.97. The van der Waals surface area contributed by atoms with Crippen molar-refractivity contribution < 1.29 is 5.11 Å². The molecular formula is C13H23N5OS. The molecule has 1 rings (SSSR count). The summed E-state index contributed by atoms with van der Waals surface area (Å²) in [7, 11) is 1.79. The molecule has 0 aliphatic heterocycles. The molecule has 0 amide bonds. The van der Waals surface area contributed by atoms with Crippen molar-refractivity contribution in [1.82, 2.24) is 19.2 Å². The van der Waals surface area contributed by atoms with Crippen LogP contribution in [-0.4, -0.2) is 37.4 Å². The number of hydrogen-bond acceptors (Lipinski definition) is 5. The van der Waals surface area contributed by atoms with Crippen LogP contribution in [0.5, 0.6) is 0 Å². The van der Waals surface area contributed by atoms with Gasteiger partial charge in [-0.3, -0.25) is 4.90 Å². The second-order valence-electron chi connectivity index (χ2n) is 6.08. The Morgan fingerprint density at radius 2 is 2.10 bits per heavy atom. The van der Waals surface area contributed by atoms with Gasteiger partial charge in [0.2, 0.25) is 0 Å². The van der Waals surface area contributed by atoms with E-state index in [2.05, 4.69) is 36.8 Å². The van der Waals surface area contributed by atoms with Crippen LogP contribution < -0.4 is 0 Å². The van der Waals surface area contributed by atoms with Crippen molar-refractivity contribution in [1.29, 1.82) is 5.26 Å². The zero-order chi connectivity index (χ0) is 15.3. The molecule has 0 fully saturated rings. The number of hydrogen-bond donors (Lipinski definition) is 1. The van der Waals surface area contributed by atoms with E-state index in [9.17, 15) is 5.11 Å². The minimum absolute atomic E-state index is 0.131. The van der Waals surface area contributed by atoms with Crippen molar-refractivity contribution in [3.63, 3.8) is 0 Å². The third-order valence-corrected chi connectivity index (χ3v) is 3.33. The predicted octanol–water partition coefficient (Wildman–Crippen LogP) is 1.66. The fourth-order valence-electron chi connectivity index (χ4n) is 2.03. The molecule has 112 valence electrons. The lowest BCUT2D eigenvalue weighted by atomic mass is 9.96. The fourth-order valence-corrected chi connectivity index (χ4v) is 2.23. The van der Waals surface area contributed by atoms with Crippen LogP contribution in [0, 0.1) is 21.5 Å². The van der Waals surface area contributed by atoms with Gasteiger partial charge >= 0.3 is 0 Å². The number of nitrogens with zero attached hydrogens (tertiary/aromatic N) is 5. The summed E-state index contributed by atoms with van der Waals surface area (Å²) in [5, 5.41) is 22.3. The van der Waals surface area contributed by atoms with Crippen LogP contribution in [-0.2, 0) is 20.3 Å². The molecule has 1 aromatic heterocycles. The minimum atomic E-state index is -0.134. The monoisotopic (exact) mass is 297 g/mol. The van der Waals surface area contributed by atoms with E-state index in [1.54, 1.807) is 16.3 Å². The van der Waals surface area contributed by atoms with Gasteiger partial charge in [0.05, 0.1) is 12.7 Å². The first kappa shape index (κ1) is 16.8. The largest absolute Gasteiger partial charge is 0.388 e. The third-order valence-electron chi connectivity index (χ3n) is 2.84. The molecule has 6 nitrogen and oxygen atoms in total. The summed E-state index contributed by atoms with van der Waals surface area (Å²) in [6.45, 7) is 8.40. The molecule has 7 heteroatoms. The highest BCUT2D eigenvalue weighted by Crippen LogP contribution is 2.16. The van der Waals surface area contributed by atoms with Gasteiger partial charge < -0.3 is 9.67 Å². The molecule has 0 radical (unpaired) electrons. The smallest absolute Gasteiger partial charge is 0.198 e. The number of rotatable bonds is 6. The molecule has 0 bridgehead atoms. The molecule has 20 heavy (non-hydrogen) atoms. The molecule has 0 atom stereocenters. The maximum Gasteiger partial charge on any atom is 0.198 e. The molecule has 0 saturated heterocycles. The zero-order valence-electron chi connectivity index (χ0n) is 12.6. The molecule has 0 aliphatic rings. The lowest BCUT2D eigenvalue weighted by Gasteiger charge is -2.29. The SMILES string of the molecule is Cn1c(CO)nn(CN(CCC#N)CC(C)(C)C)c1=S. The van der Waals surface area contributed by atoms with E-state index >= 15 is 0 Å². The quantitative estimate of drug-likeness (QED) is 0.809. The van der Waals surface area contributed by atoms with Crippen molar-refractivity contribution >= 4 is 12.2 Å². The first-order chi connectivity index (χ1) is 9.28. The van der Waals surface area contributed by atoms with E-state index in [-0.39, 0.29) is 12.0 Å². The molecule has 1 heterocycles. The first-order valence-electron chi connectivity index (χ1n) is 6.61. The molecule has 0 spiro atoms. The molecule has 1 aromatic rings. The van der Waals surface area contributed by atoms with Gasteiger partial charge in [0, 0.05) is 26.6 Å². The Labute approximate surface area is 125 Å². The summed E-state index contributed by atoms with van der Waals surface area (Å²) >= 11 is 5.31. The Hall–Kier alpha value is -1.23. The highest BCUT2D eigenvalue weighted by atomic mass is 32.1. The Balaban J connectivity index is 2.89. The van der Waals surface area contributed by atoms with Crippen molar-refractivity contribution in [3.05, 3.63) is 10.6 Å². The fraction of sp³-hybridized carbons (Fsp3) is 0.769. The van der Waals surface area contributed by atoms with E-state index in [0.29, 0.717) is 30.2 Å². The van der Waals surface area contributed by atoms with E-state index in [1.165, 1.54) is 0 Å². The van der Waals surface area contributed by atoms with Crippen LogP contribution in [0.25, 0.3) is 0 Å². The second-order valence-corrected chi connectivity index (χ2v) is 6.44. The van der Waals surface area contributed by atoms with Crippen molar-refractivity contribution in [2.75, 3.05) is 13.1 Å². The van der Waals surface area contributed by atoms with Crippen molar-refractivity contribution in [2.24, 2.45) is 12.5 Å². The maximum atomic E-state index is 9.22. The summed E-state index contributed by atoms with van der Waals surface area (Å²) in [5.74, 6) is 0.547. The number of aliphatic hydroxyl groups excluding tert-OH is 1. The Kier molecular flexibility index (Phi) is 5.87. The van der Waals surface area contributed by atoms with Gasteiger partial charge in [-0.2, -0.15) is 10.4 Å². The third kappa shape index (κ3) is 4.71. The minimum Gasteiger partial charge on any atom is -0.388 e. The lowest BCUT2D eigenvalue weighted by molar-refractivity contribution is 0.147. The molecule has 0 unspecified atom stereocenters. The highest BCUT2D eigenvalue weighted by molar-refractivity contribution is 7.71. The number of nitriles is 1. The normalized spacial score (nSPS) is 11.8. The number of aliphatic hydroxyl groups is 1. The average Bonchev–Trinajstić information content (AvgIpc) is 2.62. The van der Waals surface area contributed by atoms with Crippen LogP contribution in [0.2, 0.25) is 0 Å². The molecular weight excluding hydrogens is 274 g/mol. The van der Waals surface area contributed by atoms with Crippen LogP contribution in [0.1, 0.15) is 33.0 Å². The Morgan fingerprint density at radius 3 is 2.55 bits per heavy atom. The van der Waals surface area contributed by atoms with Crippen LogP contribution in [0.15, 0.2) is 0 Å². The predicted molar refractivity (Wildman–Crippen MR) is 79.2 cm³/mol. The summed E-state index contributed by atoms with van der Waals surface area (Å²) in [6.07, 6.45) is 0.475. The van der Waals surface area contributed by atoms with Gasteiger partial charge in [-0.05, 0) is 17.6 Å². The summed E-state index contributed by atoms with van der Waals surface area (Å²) < 4.78 is 3.98. The van der Waals surface area contributed by atoms with Crippen molar-refractivity contribution in [3.8, 4) is 6.07 Å². The van der Waals surface area contributed by atoms with Gasteiger partial charge in [0.25, 0.3) is 0 Å². The highest BCUT2D eigenvalue weighted by Gasteiger charge is 2.18.